The maximum atomic E-state index is 12.7. The van der Waals surface area contributed by atoms with Crippen molar-refractivity contribution in [2.24, 2.45) is 5.10 Å². The maximum Gasteiger partial charge on any atom is 0.355 e. The van der Waals surface area contributed by atoms with Gasteiger partial charge in [-0.2, -0.15) is 16.9 Å². The third kappa shape index (κ3) is 4.72. The second-order valence-electron chi connectivity index (χ2n) is 5.86. The molecule has 136 valence electrons. The number of ether oxygens (including phenoxy) is 1. The van der Waals surface area contributed by atoms with Gasteiger partial charge in [-0.25, -0.2) is 10.2 Å². The Morgan fingerprint density at radius 2 is 2.04 bits per heavy atom. The van der Waals surface area contributed by atoms with E-state index in [1.165, 1.54) is 5.57 Å². The van der Waals surface area contributed by atoms with Crippen LogP contribution in [-0.4, -0.2) is 48.2 Å². The van der Waals surface area contributed by atoms with Crippen molar-refractivity contribution in [2.45, 2.75) is 12.8 Å². The summed E-state index contributed by atoms with van der Waals surface area (Å²) in [7, 11) is 0. The van der Waals surface area contributed by atoms with E-state index in [4.69, 9.17) is 4.74 Å². The average molecular weight is 373 g/mol. The number of carbonyl (C=O) groups is 3. The van der Waals surface area contributed by atoms with Crippen LogP contribution in [-0.2, 0) is 19.1 Å². The number of hydrazone groups is 1. The molecule has 0 spiro atoms. The Morgan fingerprint density at radius 1 is 1.23 bits per heavy atom. The Hall–Kier alpha value is -2.61. The molecular weight excluding hydrogens is 354 g/mol. The highest BCUT2D eigenvalue weighted by Gasteiger charge is 2.23. The van der Waals surface area contributed by atoms with Gasteiger partial charge in [-0.05, 0) is 17.7 Å². The van der Waals surface area contributed by atoms with Gasteiger partial charge >= 0.3 is 5.97 Å². The summed E-state index contributed by atoms with van der Waals surface area (Å²) in [5.74, 6) is 0.625. The lowest BCUT2D eigenvalue weighted by Crippen LogP contribution is -2.38. The van der Waals surface area contributed by atoms with E-state index in [2.05, 4.69) is 16.6 Å². The zero-order chi connectivity index (χ0) is 18.4. The van der Waals surface area contributed by atoms with Crippen LogP contribution in [0.15, 0.2) is 47.1 Å². The van der Waals surface area contributed by atoms with Gasteiger partial charge in [-0.3, -0.25) is 9.59 Å². The van der Waals surface area contributed by atoms with Crippen molar-refractivity contribution in [1.29, 1.82) is 0 Å². The molecule has 3 rings (SSSR count). The largest absolute Gasteiger partial charge is 0.451 e. The zero-order valence-electron chi connectivity index (χ0n) is 14.1. The van der Waals surface area contributed by atoms with E-state index < -0.39 is 5.97 Å². The van der Waals surface area contributed by atoms with E-state index in [9.17, 15) is 14.4 Å². The summed E-state index contributed by atoms with van der Waals surface area (Å²) in [6.07, 6.45) is 2.52. The molecule has 0 saturated heterocycles. The van der Waals surface area contributed by atoms with Crippen LogP contribution in [0.25, 0.3) is 0 Å². The smallest absolute Gasteiger partial charge is 0.355 e. The number of carbonyl (C=O) groups excluding carboxylic acids is 3. The first-order valence-electron chi connectivity index (χ1n) is 8.27. The second-order valence-corrected chi connectivity index (χ2v) is 6.89. The van der Waals surface area contributed by atoms with Crippen molar-refractivity contribution < 1.29 is 19.1 Å². The molecule has 1 N–H and O–H groups in total. The third-order valence-corrected chi connectivity index (χ3v) is 4.95. The number of para-hydroxylation sites is 1. The summed E-state index contributed by atoms with van der Waals surface area (Å²) in [5, 5.41) is 3.68. The number of hydrogen-bond acceptors (Lipinski definition) is 6. The molecule has 1 aromatic rings. The lowest BCUT2D eigenvalue weighted by molar-refractivity contribution is -0.141. The number of amides is 2. The van der Waals surface area contributed by atoms with Crippen LogP contribution in [0.5, 0.6) is 0 Å². The molecule has 2 aliphatic rings. The minimum Gasteiger partial charge on any atom is -0.451 e. The van der Waals surface area contributed by atoms with Crippen molar-refractivity contribution >= 4 is 40.9 Å². The minimum absolute atomic E-state index is 0.124. The normalized spacial score (nSPS) is 16.4. The first-order valence-corrected chi connectivity index (χ1v) is 9.42. The molecule has 7 nitrogen and oxygen atoms in total. The topological polar surface area (TPSA) is 88.1 Å². The standard InChI is InChI=1S/C18H19N3O4S/c22-16-7-6-15(19-20-16)18(24)25-11-17(23)21(10-13-8-9-26-12-13)14-4-2-1-3-5-14/h1-5,8H,6-7,9-12H2,(H,20,22). The van der Waals surface area contributed by atoms with Crippen molar-refractivity contribution in [2.75, 3.05) is 29.6 Å². The van der Waals surface area contributed by atoms with Gasteiger partial charge in [0.05, 0.1) is 0 Å². The number of hydrogen-bond donors (Lipinski definition) is 1. The fourth-order valence-corrected chi connectivity index (χ4v) is 3.52. The maximum absolute atomic E-state index is 12.7. The number of nitrogens with one attached hydrogen (secondary N) is 1. The molecule has 1 aromatic carbocycles. The molecule has 8 heteroatoms. The van der Waals surface area contributed by atoms with Crippen LogP contribution in [0.3, 0.4) is 0 Å². The van der Waals surface area contributed by atoms with Crippen molar-refractivity contribution in [3.63, 3.8) is 0 Å². The van der Waals surface area contributed by atoms with E-state index in [0.717, 1.165) is 17.2 Å². The highest BCUT2D eigenvalue weighted by atomic mass is 32.2. The molecule has 2 aliphatic heterocycles. The van der Waals surface area contributed by atoms with Gasteiger partial charge in [-0.1, -0.05) is 24.3 Å². The lowest BCUT2D eigenvalue weighted by atomic mass is 10.2. The Labute approximate surface area is 155 Å². The highest BCUT2D eigenvalue weighted by Crippen LogP contribution is 2.21. The monoisotopic (exact) mass is 373 g/mol. The Bertz CT molecular complexity index is 761. The number of anilines is 1. The van der Waals surface area contributed by atoms with Crippen LogP contribution in [0.1, 0.15) is 12.8 Å². The number of esters is 1. The summed E-state index contributed by atoms with van der Waals surface area (Å²) in [5.41, 5.74) is 4.30. The van der Waals surface area contributed by atoms with E-state index in [1.54, 1.807) is 16.7 Å². The minimum atomic E-state index is -0.679. The first-order chi connectivity index (χ1) is 12.6. The van der Waals surface area contributed by atoms with Crippen LogP contribution in [0.2, 0.25) is 0 Å². The molecule has 2 heterocycles. The van der Waals surface area contributed by atoms with E-state index in [0.29, 0.717) is 6.54 Å². The number of benzene rings is 1. The third-order valence-electron chi connectivity index (χ3n) is 3.97. The van der Waals surface area contributed by atoms with E-state index in [-0.39, 0.29) is 37.0 Å². The van der Waals surface area contributed by atoms with Gasteiger partial charge in [0, 0.05) is 36.6 Å². The molecule has 0 saturated carbocycles. The molecule has 26 heavy (non-hydrogen) atoms. The molecule has 0 unspecified atom stereocenters. The fraction of sp³-hybridized carbons (Fsp3) is 0.333. The first kappa shape index (κ1) is 18.2. The molecule has 0 atom stereocenters. The van der Waals surface area contributed by atoms with Crippen LogP contribution in [0, 0.1) is 0 Å². The summed E-state index contributed by atoms with van der Waals surface area (Å²) < 4.78 is 5.11. The van der Waals surface area contributed by atoms with Gasteiger partial charge in [-0.15, -0.1) is 0 Å². The van der Waals surface area contributed by atoms with Gasteiger partial charge < -0.3 is 9.64 Å². The Balaban J connectivity index is 1.63. The average Bonchev–Trinajstić information content (AvgIpc) is 3.18. The molecular formula is C18H19N3O4S. The Kier molecular flexibility index (Phi) is 6.06. The lowest BCUT2D eigenvalue weighted by Gasteiger charge is -2.23. The van der Waals surface area contributed by atoms with Crippen molar-refractivity contribution in [3.8, 4) is 0 Å². The number of nitrogens with zero attached hydrogens (tertiary/aromatic N) is 2. The molecule has 2 amide bonds. The van der Waals surface area contributed by atoms with Crippen molar-refractivity contribution in [1.82, 2.24) is 5.43 Å². The summed E-state index contributed by atoms with van der Waals surface area (Å²) in [4.78, 5) is 37.4. The van der Waals surface area contributed by atoms with Gasteiger partial charge in [0.2, 0.25) is 5.91 Å². The van der Waals surface area contributed by atoms with Crippen LogP contribution in [0.4, 0.5) is 5.69 Å². The number of thioether (sulfide) groups is 1. The zero-order valence-corrected chi connectivity index (χ0v) is 15.0. The summed E-state index contributed by atoms with van der Waals surface area (Å²) in [6.45, 7) is 0.103. The molecule has 0 aliphatic carbocycles. The summed E-state index contributed by atoms with van der Waals surface area (Å²) in [6, 6.07) is 9.30. The SMILES string of the molecule is O=C1CCC(C(=O)OCC(=O)N(CC2=CCSC2)c2ccccc2)=NN1. The van der Waals surface area contributed by atoms with Crippen molar-refractivity contribution in [3.05, 3.63) is 42.0 Å². The predicted molar refractivity (Wildman–Crippen MR) is 100.0 cm³/mol. The van der Waals surface area contributed by atoms with Gasteiger partial charge in [0.25, 0.3) is 5.91 Å². The van der Waals surface area contributed by atoms with E-state index >= 15 is 0 Å². The number of rotatable bonds is 6. The molecule has 0 bridgehead atoms. The molecule has 0 aromatic heterocycles. The van der Waals surface area contributed by atoms with Gasteiger partial charge in [0.1, 0.15) is 5.71 Å². The van der Waals surface area contributed by atoms with Gasteiger partial charge in [0.15, 0.2) is 6.61 Å². The fourth-order valence-electron chi connectivity index (χ4n) is 2.58. The van der Waals surface area contributed by atoms with Crippen LogP contribution < -0.4 is 10.3 Å². The van der Waals surface area contributed by atoms with E-state index in [1.807, 2.05) is 30.3 Å². The summed E-state index contributed by atoms with van der Waals surface area (Å²) >= 11 is 1.80. The highest BCUT2D eigenvalue weighted by molar-refractivity contribution is 7.99. The quantitative estimate of drug-likeness (QED) is 0.603. The molecule has 0 radical (unpaired) electrons. The van der Waals surface area contributed by atoms with Crippen LogP contribution >= 0.6 is 11.8 Å². The molecule has 0 fully saturated rings. The second kappa shape index (κ2) is 8.66. The predicted octanol–water partition coefficient (Wildman–Crippen LogP) is 1.50. The Morgan fingerprint density at radius 3 is 2.69 bits per heavy atom.